The minimum atomic E-state index is 0.433. The Morgan fingerprint density at radius 2 is 2.06 bits per heavy atom. The molecule has 0 aromatic carbocycles. The monoisotopic (exact) mass is 224 g/mol. The van der Waals surface area contributed by atoms with Gasteiger partial charge in [-0.1, -0.05) is 0 Å². The SMILES string of the molecule is CC1CN(c2nc(CN)co2)CC(C)N1C. The number of likely N-dealkylation sites (N-methyl/N-ethyl adjacent to an activating group) is 1. The summed E-state index contributed by atoms with van der Waals surface area (Å²) in [6, 6.07) is 1.72. The molecular formula is C11H20N4O. The molecule has 1 saturated heterocycles. The first-order valence-electron chi connectivity index (χ1n) is 5.73. The Morgan fingerprint density at radius 3 is 2.56 bits per heavy atom. The highest BCUT2D eigenvalue weighted by atomic mass is 16.4. The zero-order chi connectivity index (χ0) is 11.7. The summed E-state index contributed by atoms with van der Waals surface area (Å²) in [5, 5.41) is 0. The van der Waals surface area contributed by atoms with Crippen LogP contribution in [0.4, 0.5) is 6.01 Å². The topological polar surface area (TPSA) is 58.5 Å². The Balaban J connectivity index is 2.10. The molecule has 1 aliphatic rings. The van der Waals surface area contributed by atoms with E-state index >= 15 is 0 Å². The molecule has 1 aromatic rings. The van der Waals surface area contributed by atoms with E-state index in [1.807, 2.05) is 0 Å². The van der Waals surface area contributed by atoms with Gasteiger partial charge in [-0.3, -0.25) is 4.90 Å². The number of hydrogen-bond acceptors (Lipinski definition) is 5. The van der Waals surface area contributed by atoms with Gasteiger partial charge in [0, 0.05) is 31.7 Å². The highest BCUT2D eigenvalue weighted by molar-refractivity contribution is 5.29. The Labute approximate surface area is 96.2 Å². The molecule has 1 fully saturated rings. The van der Waals surface area contributed by atoms with Crippen LogP contribution >= 0.6 is 0 Å². The molecule has 1 aromatic heterocycles. The van der Waals surface area contributed by atoms with Crippen molar-refractivity contribution < 1.29 is 4.42 Å². The molecule has 0 bridgehead atoms. The molecule has 2 atom stereocenters. The summed E-state index contributed by atoms with van der Waals surface area (Å²) in [6.45, 7) is 6.77. The van der Waals surface area contributed by atoms with Gasteiger partial charge in [-0.2, -0.15) is 4.98 Å². The summed E-state index contributed by atoms with van der Waals surface area (Å²) >= 11 is 0. The van der Waals surface area contributed by atoms with Crippen LogP contribution in [0.5, 0.6) is 0 Å². The van der Waals surface area contributed by atoms with Gasteiger partial charge in [0.25, 0.3) is 6.01 Å². The second-order valence-electron chi connectivity index (χ2n) is 4.59. The van der Waals surface area contributed by atoms with Gasteiger partial charge in [0.15, 0.2) is 0 Å². The molecule has 90 valence electrons. The molecule has 5 nitrogen and oxygen atoms in total. The number of rotatable bonds is 2. The van der Waals surface area contributed by atoms with Crippen molar-refractivity contribution in [3.8, 4) is 0 Å². The van der Waals surface area contributed by atoms with Crippen LogP contribution in [-0.2, 0) is 6.54 Å². The number of oxazole rings is 1. The van der Waals surface area contributed by atoms with Crippen LogP contribution in [0.25, 0.3) is 0 Å². The van der Waals surface area contributed by atoms with Gasteiger partial charge < -0.3 is 15.1 Å². The van der Waals surface area contributed by atoms with E-state index in [4.69, 9.17) is 10.2 Å². The number of nitrogens with zero attached hydrogens (tertiary/aromatic N) is 3. The lowest BCUT2D eigenvalue weighted by Crippen LogP contribution is -2.55. The van der Waals surface area contributed by atoms with Gasteiger partial charge in [0.2, 0.25) is 0 Å². The molecule has 16 heavy (non-hydrogen) atoms. The van der Waals surface area contributed by atoms with Crippen LogP contribution in [0, 0.1) is 0 Å². The van der Waals surface area contributed by atoms with E-state index in [0.29, 0.717) is 24.6 Å². The average Bonchev–Trinajstić information content (AvgIpc) is 2.73. The summed E-state index contributed by atoms with van der Waals surface area (Å²) in [5.41, 5.74) is 6.33. The van der Waals surface area contributed by atoms with Crippen LogP contribution in [0.2, 0.25) is 0 Å². The first kappa shape index (κ1) is 11.4. The third kappa shape index (κ3) is 2.05. The molecule has 2 N–H and O–H groups in total. The minimum Gasteiger partial charge on any atom is -0.432 e. The van der Waals surface area contributed by atoms with E-state index in [1.165, 1.54) is 0 Å². The predicted octanol–water partition coefficient (Wildman–Crippen LogP) is 0.662. The van der Waals surface area contributed by atoms with Crippen molar-refractivity contribution in [3.63, 3.8) is 0 Å². The molecule has 2 heterocycles. The zero-order valence-electron chi connectivity index (χ0n) is 10.2. The first-order chi connectivity index (χ1) is 7.61. The van der Waals surface area contributed by atoms with Crippen molar-refractivity contribution in [3.05, 3.63) is 12.0 Å². The maximum atomic E-state index is 5.52. The van der Waals surface area contributed by atoms with Crippen molar-refractivity contribution in [2.75, 3.05) is 25.0 Å². The maximum Gasteiger partial charge on any atom is 0.297 e. The molecule has 2 unspecified atom stereocenters. The third-order valence-corrected chi connectivity index (χ3v) is 3.38. The standard InChI is InChI=1S/C11H20N4O/c1-8-5-15(6-9(2)14(8)3)11-13-10(4-12)7-16-11/h7-9H,4-6,12H2,1-3H3. The molecular weight excluding hydrogens is 204 g/mol. The second-order valence-corrected chi connectivity index (χ2v) is 4.59. The number of aromatic nitrogens is 1. The van der Waals surface area contributed by atoms with Crippen molar-refractivity contribution in [1.29, 1.82) is 0 Å². The molecule has 5 heteroatoms. The highest BCUT2D eigenvalue weighted by Crippen LogP contribution is 2.20. The lowest BCUT2D eigenvalue weighted by atomic mass is 10.1. The summed E-state index contributed by atoms with van der Waals surface area (Å²) in [5.74, 6) is 0. The van der Waals surface area contributed by atoms with Gasteiger partial charge in [0.1, 0.15) is 6.26 Å². The summed E-state index contributed by atoms with van der Waals surface area (Å²) in [6.07, 6.45) is 1.64. The van der Waals surface area contributed by atoms with Crippen LogP contribution in [0.1, 0.15) is 19.5 Å². The Hall–Kier alpha value is -1.07. The average molecular weight is 224 g/mol. The molecule has 0 radical (unpaired) electrons. The number of piperazine rings is 1. The molecule has 0 aliphatic carbocycles. The third-order valence-electron chi connectivity index (χ3n) is 3.38. The normalized spacial score (nSPS) is 27.4. The number of hydrogen-bond donors (Lipinski definition) is 1. The lowest BCUT2D eigenvalue weighted by Gasteiger charge is -2.41. The fourth-order valence-electron chi connectivity index (χ4n) is 2.10. The maximum absolute atomic E-state index is 5.52. The van der Waals surface area contributed by atoms with Crippen molar-refractivity contribution in [1.82, 2.24) is 9.88 Å². The zero-order valence-corrected chi connectivity index (χ0v) is 10.2. The second kappa shape index (κ2) is 4.43. The van der Waals surface area contributed by atoms with E-state index in [9.17, 15) is 0 Å². The minimum absolute atomic E-state index is 0.433. The Morgan fingerprint density at radius 1 is 1.44 bits per heavy atom. The van der Waals surface area contributed by atoms with E-state index in [0.717, 1.165) is 18.8 Å². The van der Waals surface area contributed by atoms with Crippen LogP contribution in [0.15, 0.2) is 10.7 Å². The highest BCUT2D eigenvalue weighted by Gasteiger charge is 2.28. The molecule has 0 amide bonds. The lowest BCUT2D eigenvalue weighted by molar-refractivity contribution is 0.166. The van der Waals surface area contributed by atoms with Gasteiger partial charge in [0.05, 0.1) is 5.69 Å². The number of nitrogens with two attached hydrogens (primary N) is 1. The van der Waals surface area contributed by atoms with Gasteiger partial charge in [-0.15, -0.1) is 0 Å². The molecule has 0 saturated carbocycles. The predicted molar refractivity (Wildman–Crippen MR) is 63.3 cm³/mol. The van der Waals surface area contributed by atoms with Crippen molar-refractivity contribution in [2.24, 2.45) is 5.73 Å². The van der Waals surface area contributed by atoms with Gasteiger partial charge >= 0.3 is 0 Å². The fraction of sp³-hybridized carbons (Fsp3) is 0.727. The van der Waals surface area contributed by atoms with Crippen molar-refractivity contribution in [2.45, 2.75) is 32.5 Å². The van der Waals surface area contributed by atoms with Gasteiger partial charge in [-0.25, -0.2) is 0 Å². The van der Waals surface area contributed by atoms with E-state index in [1.54, 1.807) is 6.26 Å². The van der Waals surface area contributed by atoms with Crippen molar-refractivity contribution >= 4 is 6.01 Å². The van der Waals surface area contributed by atoms with Crippen LogP contribution in [0.3, 0.4) is 0 Å². The molecule has 2 rings (SSSR count). The fourth-order valence-corrected chi connectivity index (χ4v) is 2.10. The van der Waals surface area contributed by atoms with Crippen LogP contribution < -0.4 is 10.6 Å². The quantitative estimate of drug-likeness (QED) is 0.800. The largest absolute Gasteiger partial charge is 0.432 e. The first-order valence-corrected chi connectivity index (χ1v) is 5.73. The van der Waals surface area contributed by atoms with E-state index in [2.05, 4.69) is 35.7 Å². The van der Waals surface area contributed by atoms with Gasteiger partial charge in [-0.05, 0) is 20.9 Å². The Bertz CT molecular complexity index is 340. The van der Waals surface area contributed by atoms with E-state index < -0.39 is 0 Å². The summed E-state index contributed by atoms with van der Waals surface area (Å²) in [4.78, 5) is 8.93. The Kier molecular flexibility index (Phi) is 3.16. The van der Waals surface area contributed by atoms with Crippen LogP contribution in [-0.4, -0.2) is 42.1 Å². The smallest absolute Gasteiger partial charge is 0.297 e. The molecule has 1 aliphatic heterocycles. The van der Waals surface area contributed by atoms with E-state index in [-0.39, 0.29) is 0 Å². The molecule has 0 spiro atoms. The summed E-state index contributed by atoms with van der Waals surface area (Å²) < 4.78 is 5.44. The summed E-state index contributed by atoms with van der Waals surface area (Å²) in [7, 11) is 2.16. The number of anilines is 1.